The average molecular weight is 536 g/mol. The lowest BCUT2D eigenvalue weighted by molar-refractivity contribution is -0.208. The molecule has 1 fully saturated rings. The second-order valence-corrected chi connectivity index (χ2v) is 11.3. The number of carbonyl (C=O) groups is 3. The van der Waals surface area contributed by atoms with Crippen LogP contribution in [0.2, 0.25) is 0 Å². The summed E-state index contributed by atoms with van der Waals surface area (Å²) < 4.78 is 11.5. The summed E-state index contributed by atoms with van der Waals surface area (Å²) >= 11 is 0. The van der Waals surface area contributed by atoms with E-state index < -0.39 is 47.7 Å². The number of nitrogens with one attached hydrogen (secondary N) is 3. The van der Waals surface area contributed by atoms with Gasteiger partial charge in [0.1, 0.15) is 6.04 Å². The Bertz CT molecular complexity index is 897. The summed E-state index contributed by atoms with van der Waals surface area (Å²) in [5.41, 5.74) is 0.218. The van der Waals surface area contributed by atoms with E-state index in [1.165, 1.54) is 7.05 Å². The normalized spacial score (nSPS) is 19.2. The van der Waals surface area contributed by atoms with Gasteiger partial charge in [-0.05, 0) is 42.6 Å². The fourth-order valence-corrected chi connectivity index (χ4v) is 4.29. The van der Waals surface area contributed by atoms with E-state index in [0.29, 0.717) is 13.0 Å². The molecule has 0 aliphatic carbocycles. The maximum atomic E-state index is 13.7. The Morgan fingerprint density at radius 2 is 1.79 bits per heavy atom. The minimum absolute atomic E-state index is 0.0608. The molecule has 3 amide bonds. The van der Waals surface area contributed by atoms with Gasteiger partial charge in [0.25, 0.3) is 5.91 Å². The molecular formula is C28H45N3O7. The first-order valence-electron chi connectivity index (χ1n) is 13.3. The molecule has 10 heteroatoms. The van der Waals surface area contributed by atoms with Crippen LogP contribution < -0.4 is 16.1 Å². The van der Waals surface area contributed by atoms with Gasteiger partial charge in [0.15, 0.2) is 11.9 Å². The molecule has 1 aromatic rings. The van der Waals surface area contributed by atoms with Crippen molar-refractivity contribution in [1.82, 2.24) is 16.1 Å². The van der Waals surface area contributed by atoms with Gasteiger partial charge in [-0.15, -0.1) is 0 Å². The second kappa shape index (κ2) is 14.6. The summed E-state index contributed by atoms with van der Waals surface area (Å²) in [7, 11) is 1.49. The lowest BCUT2D eigenvalue weighted by atomic mass is 9.79. The van der Waals surface area contributed by atoms with Crippen molar-refractivity contribution >= 4 is 17.7 Å². The van der Waals surface area contributed by atoms with Crippen LogP contribution in [0.5, 0.6) is 0 Å². The standard InChI is InChI=1S/C28H45N3O7/c1-19(2)16-21(24(32)30-23(25(33)29-6)27(3,4)5)28(35,18-37-22-14-10-11-15-36-22)26(34)31-38-17-20-12-8-7-9-13-20/h7-9,12-13,19,21-23,35H,10-11,14-18H2,1-6H3,(H,29,33)(H,30,32)(H,31,34)/t21-,22?,23-,28-/m1/s1. The molecule has 0 bridgehead atoms. The van der Waals surface area contributed by atoms with Gasteiger partial charge >= 0.3 is 0 Å². The van der Waals surface area contributed by atoms with Crippen molar-refractivity contribution in [3.8, 4) is 0 Å². The zero-order chi connectivity index (χ0) is 28.3. The minimum Gasteiger partial charge on any atom is -0.377 e. The van der Waals surface area contributed by atoms with Crippen molar-refractivity contribution in [2.75, 3.05) is 20.3 Å². The van der Waals surface area contributed by atoms with Gasteiger partial charge in [-0.2, -0.15) is 0 Å². The van der Waals surface area contributed by atoms with Crippen LogP contribution in [0, 0.1) is 17.3 Å². The van der Waals surface area contributed by atoms with Gasteiger partial charge in [-0.1, -0.05) is 65.0 Å². The Balaban J connectivity index is 2.31. The first-order valence-corrected chi connectivity index (χ1v) is 13.3. The number of ether oxygens (including phenoxy) is 2. The van der Waals surface area contributed by atoms with Crippen molar-refractivity contribution in [2.24, 2.45) is 17.3 Å². The van der Waals surface area contributed by atoms with E-state index in [0.717, 1.165) is 18.4 Å². The Labute approximate surface area is 226 Å². The van der Waals surface area contributed by atoms with E-state index in [1.54, 1.807) is 0 Å². The van der Waals surface area contributed by atoms with Crippen LogP contribution in [0.3, 0.4) is 0 Å². The maximum Gasteiger partial charge on any atom is 0.278 e. The van der Waals surface area contributed by atoms with Crippen LogP contribution in [0.15, 0.2) is 30.3 Å². The number of aliphatic hydroxyl groups is 1. The monoisotopic (exact) mass is 535 g/mol. The van der Waals surface area contributed by atoms with E-state index in [2.05, 4.69) is 16.1 Å². The Kier molecular flexibility index (Phi) is 12.2. The second-order valence-electron chi connectivity index (χ2n) is 11.3. The summed E-state index contributed by atoms with van der Waals surface area (Å²) in [6.07, 6.45) is 1.98. The van der Waals surface area contributed by atoms with Crippen molar-refractivity contribution in [3.05, 3.63) is 35.9 Å². The summed E-state index contributed by atoms with van der Waals surface area (Å²) in [4.78, 5) is 45.2. The molecule has 10 nitrogen and oxygen atoms in total. The van der Waals surface area contributed by atoms with Crippen molar-refractivity contribution in [2.45, 2.75) is 84.8 Å². The quantitative estimate of drug-likeness (QED) is 0.285. The largest absolute Gasteiger partial charge is 0.377 e. The van der Waals surface area contributed by atoms with Gasteiger partial charge in [0, 0.05) is 13.7 Å². The Morgan fingerprint density at radius 3 is 2.34 bits per heavy atom. The molecule has 0 radical (unpaired) electrons. The van der Waals surface area contributed by atoms with E-state index in [9.17, 15) is 19.5 Å². The molecule has 38 heavy (non-hydrogen) atoms. The van der Waals surface area contributed by atoms with Crippen molar-refractivity contribution < 1.29 is 33.8 Å². The van der Waals surface area contributed by atoms with Gasteiger partial charge < -0.3 is 25.2 Å². The minimum atomic E-state index is -2.29. The predicted molar refractivity (Wildman–Crippen MR) is 142 cm³/mol. The number of hydrogen-bond acceptors (Lipinski definition) is 7. The van der Waals surface area contributed by atoms with Crippen LogP contribution in [-0.2, 0) is 35.3 Å². The summed E-state index contributed by atoms with van der Waals surface area (Å²) in [6, 6.07) is 8.33. The Morgan fingerprint density at radius 1 is 1.11 bits per heavy atom. The van der Waals surface area contributed by atoms with Gasteiger partial charge in [-0.25, -0.2) is 5.48 Å². The number of benzene rings is 1. The maximum absolute atomic E-state index is 13.7. The zero-order valence-electron chi connectivity index (χ0n) is 23.5. The lowest BCUT2D eigenvalue weighted by Crippen LogP contribution is -2.62. The molecule has 1 aromatic carbocycles. The third-order valence-electron chi connectivity index (χ3n) is 6.53. The van der Waals surface area contributed by atoms with Crippen LogP contribution in [0.25, 0.3) is 0 Å². The third kappa shape index (κ3) is 9.34. The van der Waals surface area contributed by atoms with Crippen LogP contribution in [0.1, 0.15) is 65.9 Å². The number of hydroxylamine groups is 1. The van der Waals surface area contributed by atoms with Crippen molar-refractivity contribution in [1.29, 1.82) is 0 Å². The molecule has 4 atom stereocenters. The van der Waals surface area contributed by atoms with E-state index in [4.69, 9.17) is 14.3 Å². The van der Waals surface area contributed by atoms with E-state index >= 15 is 0 Å². The molecule has 1 unspecified atom stereocenters. The Hall–Kier alpha value is -2.53. The van der Waals surface area contributed by atoms with Crippen LogP contribution in [-0.4, -0.2) is 61.0 Å². The SMILES string of the molecule is CNC(=O)[C@@H](NC(=O)[C@@H](CC(C)C)[C@](O)(COC1CCCCO1)C(=O)NOCc1ccccc1)C(C)(C)C. The van der Waals surface area contributed by atoms with Crippen molar-refractivity contribution in [3.63, 3.8) is 0 Å². The zero-order valence-corrected chi connectivity index (χ0v) is 23.5. The molecular weight excluding hydrogens is 490 g/mol. The summed E-state index contributed by atoms with van der Waals surface area (Å²) in [5, 5.41) is 17.2. The smallest absolute Gasteiger partial charge is 0.278 e. The number of carbonyl (C=O) groups excluding carboxylic acids is 3. The van der Waals surface area contributed by atoms with Gasteiger partial charge in [-0.3, -0.25) is 19.2 Å². The molecule has 2 rings (SSSR count). The molecule has 1 heterocycles. The summed E-state index contributed by atoms with van der Waals surface area (Å²) in [6.45, 7) is 9.34. The van der Waals surface area contributed by atoms with Gasteiger partial charge in [0.05, 0.1) is 19.1 Å². The lowest BCUT2D eigenvalue weighted by Gasteiger charge is -2.38. The molecule has 1 aliphatic heterocycles. The van der Waals surface area contributed by atoms with E-state index in [-0.39, 0.29) is 24.9 Å². The number of likely N-dealkylation sites (N-methyl/N-ethyl adjacent to an activating group) is 1. The highest BCUT2D eigenvalue weighted by Crippen LogP contribution is 2.29. The van der Waals surface area contributed by atoms with E-state index in [1.807, 2.05) is 65.0 Å². The number of hydrogen-bond donors (Lipinski definition) is 4. The molecule has 214 valence electrons. The van der Waals surface area contributed by atoms with Crippen LogP contribution >= 0.6 is 0 Å². The molecule has 1 aliphatic rings. The first kappa shape index (κ1) is 31.7. The van der Waals surface area contributed by atoms with Crippen LogP contribution in [0.4, 0.5) is 0 Å². The highest BCUT2D eigenvalue weighted by atomic mass is 16.7. The molecule has 0 spiro atoms. The number of amides is 3. The van der Waals surface area contributed by atoms with Gasteiger partial charge in [0.2, 0.25) is 11.8 Å². The fraction of sp³-hybridized carbons (Fsp3) is 0.679. The summed E-state index contributed by atoms with van der Waals surface area (Å²) in [5.74, 6) is -3.20. The predicted octanol–water partition coefficient (Wildman–Crippen LogP) is 2.45. The molecule has 0 aromatic heterocycles. The highest BCUT2D eigenvalue weighted by molar-refractivity contribution is 5.94. The number of rotatable bonds is 13. The fourth-order valence-electron chi connectivity index (χ4n) is 4.29. The average Bonchev–Trinajstić information content (AvgIpc) is 2.88. The first-order chi connectivity index (χ1) is 17.9. The third-order valence-corrected chi connectivity index (χ3v) is 6.53. The molecule has 1 saturated heterocycles. The topological polar surface area (TPSA) is 135 Å². The molecule has 4 N–H and O–H groups in total. The molecule has 0 saturated carbocycles. The highest BCUT2D eigenvalue weighted by Gasteiger charge is 2.50.